The highest BCUT2D eigenvalue weighted by atomic mass is 16.4. The van der Waals surface area contributed by atoms with Gasteiger partial charge in [-0.2, -0.15) is 0 Å². The van der Waals surface area contributed by atoms with E-state index in [4.69, 9.17) is 5.11 Å². The number of hydrogen-bond acceptors (Lipinski definition) is 3. The highest BCUT2D eigenvalue weighted by Crippen LogP contribution is 2.18. The van der Waals surface area contributed by atoms with Crippen molar-refractivity contribution in [2.45, 2.75) is 39.2 Å². The summed E-state index contributed by atoms with van der Waals surface area (Å²) in [6.45, 7) is 3.77. The number of carbonyl (C=O) groups is 3. The maximum atomic E-state index is 12.3. The summed E-state index contributed by atoms with van der Waals surface area (Å²) in [5.41, 5.74) is 1.98. The number of rotatable bonds is 8. The number of hydrogen-bond donors (Lipinski definition) is 2. The highest BCUT2D eigenvalue weighted by molar-refractivity contribution is 5.79. The molecule has 0 aliphatic heterocycles. The van der Waals surface area contributed by atoms with Gasteiger partial charge in [-0.25, -0.2) is 0 Å². The van der Waals surface area contributed by atoms with Gasteiger partial charge >= 0.3 is 5.97 Å². The minimum atomic E-state index is -0.873. The number of aliphatic carboxylic acids is 1. The van der Waals surface area contributed by atoms with Gasteiger partial charge in [-0.05, 0) is 18.9 Å². The quantitative estimate of drug-likeness (QED) is 0.766. The Morgan fingerprint density at radius 3 is 2.35 bits per heavy atom. The predicted molar refractivity (Wildman–Crippen MR) is 86.9 cm³/mol. The summed E-state index contributed by atoms with van der Waals surface area (Å²) in [7, 11) is 1.64. The van der Waals surface area contributed by atoms with Gasteiger partial charge in [0.2, 0.25) is 11.8 Å². The number of nitrogens with one attached hydrogen (secondary N) is 1. The molecular weight excluding hydrogens is 296 g/mol. The van der Waals surface area contributed by atoms with Gasteiger partial charge in [0.1, 0.15) is 0 Å². The first-order valence-corrected chi connectivity index (χ1v) is 7.59. The highest BCUT2D eigenvalue weighted by Gasteiger charge is 2.19. The van der Waals surface area contributed by atoms with Gasteiger partial charge in [-0.1, -0.05) is 29.8 Å². The Bertz CT molecular complexity index is 554. The van der Waals surface area contributed by atoms with Crippen LogP contribution in [-0.4, -0.2) is 41.4 Å². The fraction of sp³-hybridized carbons (Fsp3) is 0.471. The standard InChI is InChI=1S/C17H24N2O4/c1-12-6-8-14(9-7-12)15(18-13(2)20)11-16(21)19(3)10-4-5-17(22)23/h6-9,15H,4-5,10-11H2,1-3H3,(H,18,20)(H,22,23). The normalized spacial score (nSPS) is 11.6. The van der Waals surface area contributed by atoms with Gasteiger partial charge in [0.05, 0.1) is 12.5 Å². The zero-order chi connectivity index (χ0) is 17.4. The number of carbonyl (C=O) groups excluding carboxylic acids is 2. The Hall–Kier alpha value is -2.37. The topological polar surface area (TPSA) is 86.7 Å². The molecule has 2 amide bonds. The number of aryl methyl sites for hydroxylation is 1. The molecule has 0 spiro atoms. The van der Waals surface area contributed by atoms with E-state index in [2.05, 4.69) is 5.32 Å². The third kappa shape index (κ3) is 6.95. The van der Waals surface area contributed by atoms with Gasteiger partial charge < -0.3 is 15.3 Å². The monoisotopic (exact) mass is 320 g/mol. The van der Waals surface area contributed by atoms with E-state index in [1.165, 1.54) is 11.8 Å². The fourth-order valence-electron chi connectivity index (χ4n) is 2.22. The summed E-state index contributed by atoms with van der Waals surface area (Å²) < 4.78 is 0. The lowest BCUT2D eigenvalue weighted by Gasteiger charge is -2.22. The first kappa shape index (κ1) is 18.7. The summed E-state index contributed by atoms with van der Waals surface area (Å²) in [5.74, 6) is -1.20. The van der Waals surface area contributed by atoms with Crippen LogP contribution in [0.1, 0.15) is 43.4 Å². The molecule has 1 aromatic carbocycles. The number of amides is 2. The van der Waals surface area contributed by atoms with Crippen molar-refractivity contribution in [3.8, 4) is 0 Å². The zero-order valence-electron chi connectivity index (χ0n) is 13.8. The Morgan fingerprint density at radius 2 is 1.83 bits per heavy atom. The molecule has 1 aromatic rings. The molecule has 1 rings (SSSR count). The molecule has 0 radical (unpaired) electrons. The van der Waals surface area contributed by atoms with Crippen molar-refractivity contribution >= 4 is 17.8 Å². The second kappa shape index (κ2) is 8.92. The Labute approximate surface area is 136 Å². The molecule has 0 saturated heterocycles. The fourth-order valence-corrected chi connectivity index (χ4v) is 2.22. The van der Waals surface area contributed by atoms with Crippen LogP contribution in [0.25, 0.3) is 0 Å². The SMILES string of the molecule is CC(=O)NC(CC(=O)N(C)CCCC(=O)O)c1ccc(C)cc1. The van der Waals surface area contributed by atoms with Crippen LogP contribution in [0.5, 0.6) is 0 Å². The van der Waals surface area contributed by atoms with Crippen LogP contribution in [0.2, 0.25) is 0 Å². The molecule has 0 bridgehead atoms. The lowest BCUT2D eigenvalue weighted by molar-refractivity contribution is -0.138. The third-order valence-electron chi connectivity index (χ3n) is 3.55. The second-order valence-electron chi connectivity index (χ2n) is 5.68. The van der Waals surface area contributed by atoms with Crippen LogP contribution in [0, 0.1) is 6.92 Å². The Balaban J connectivity index is 2.68. The van der Waals surface area contributed by atoms with Gasteiger partial charge in [-0.3, -0.25) is 14.4 Å². The molecule has 0 aliphatic rings. The largest absolute Gasteiger partial charge is 0.481 e. The predicted octanol–water partition coefficient (Wildman–Crippen LogP) is 1.89. The number of carboxylic acid groups (broad SMARTS) is 1. The van der Waals surface area contributed by atoms with Crippen molar-refractivity contribution in [2.24, 2.45) is 0 Å². The van der Waals surface area contributed by atoms with E-state index < -0.39 is 5.97 Å². The van der Waals surface area contributed by atoms with E-state index in [9.17, 15) is 14.4 Å². The average Bonchev–Trinajstić information content (AvgIpc) is 2.46. The first-order valence-electron chi connectivity index (χ1n) is 7.59. The van der Waals surface area contributed by atoms with Gasteiger partial charge in [0.25, 0.3) is 0 Å². The van der Waals surface area contributed by atoms with E-state index in [1.54, 1.807) is 7.05 Å². The van der Waals surface area contributed by atoms with E-state index in [1.807, 2.05) is 31.2 Å². The molecule has 126 valence electrons. The van der Waals surface area contributed by atoms with E-state index in [-0.39, 0.29) is 30.7 Å². The Kier molecular flexibility index (Phi) is 7.25. The van der Waals surface area contributed by atoms with Crippen LogP contribution < -0.4 is 5.32 Å². The van der Waals surface area contributed by atoms with Crippen LogP contribution >= 0.6 is 0 Å². The van der Waals surface area contributed by atoms with Crippen molar-refractivity contribution in [2.75, 3.05) is 13.6 Å². The summed E-state index contributed by atoms with van der Waals surface area (Å²) in [5, 5.41) is 11.4. The summed E-state index contributed by atoms with van der Waals surface area (Å²) in [6, 6.07) is 7.28. The smallest absolute Gasteiger partial charge is 0.303 e. The molecule has 2 N–H and O–H groups in total. The van der Waals surface area contributed by atoms with Crippen molar-refractivity contribution in [3.05, 3.63) is 35.4 Å². The van der Waals surface area contributed by atoms with Crippen LogP contribution in [0.4, 0.5) is 0 Å². The average molecular weight is 320 g/mol. The minimum absolute atomic E-state index is 0.0324. The maximum absolute atomic E-state index is 12.3. The minimum Gasteiger partial charge on any atom is -0.481 e. The Morgan fingerprint density at radius 1 is 1.22 bits per heavy atom. The summed E-state index contributed by atoms with van der Waals surface area (Å²) in [4.78, 5) is 35.7. The zero-order valence-corrected chi connectivity index (χ0v) is 13.8. The molecule has 0 aromatic heterocycles. The van der Waals surface area contributed by atoms with Gasteiger partial charge in [0, 0.05) is 26.9 Å². The molecule has 1 unspecified atom stereocenters. The molecule has 0 heterocycles. The summed E-state index contributed by atoms with van der Waals surface area (Å²) in [6.07, 6.45) is 0.587. The summed E-state index contributed by atoms with van der Waals surface area (Å²) >= 11 is 0. The number of carboxylic acids is 1. The lowest BCUT2D eigenvalue weighted by atomic mass is 10.0. The molecule has 23 heavy (non-hydrogen) atoms. The molecule has 0 aliphatic carbocycles. The van der Waals surface area contributed by atoms with Crippen molar-refractivity contribution in [3.63, 3.8) is 0 Å². The molecule has 1 atom stereocenters. The van der Waals surface area contributed by atoms with Crippen LogP contribution in [-0.2, 0) is 14.4 Å². The van der Waals surface area contributed by atoms with E-state index in [0.29, 0.717) is 13.0 Å². The lowest BCUT2D eigenvalue weighted by Crippen LogP contribution is -2.34. The van der Waals surface area contributed by atoms with Crippen LogP contribution in [0.3, 0.4) is 0 Å². The molecule has 6 heteroatoms. The van der Waals surface area contributed by atoms with Crippen LogP contribution in [0.15, 0.2) is 24.3 Å². The molecule has 0 fully saturated rings. The maximum Gasteiger partial charge on any atom is 0.303 e. The van der Waals surface area contributed by atoms with Crippen molar-refractivity contribution in [1.82, 2.24) is 10.2 Å². The molecule has 0 saturated carbocycles. The van der Waals surface area contributed by atoms with Gasteiger partial charge in [-0.15, -0.1) is 0 Å². The van der Waals surface area contributed by atoms with E-state index in [0.717, 1.165) is 11.1 Å². The first-order chi connectivity index (χ1) is 10.8. The van der Waals surface area contributed by atoms with Crippen molar-refractivity contribution < 1.29 is 19.5 Å². The van der Waals surface area contributed by atoms with Crippen molar-refractivity contribution in [1.29, 1.82) is 0 Å². The number of benzene rings is 1. The van der Waals surface area contributed by atoms with E-state index >= 15 is 0 Å². The number of nitrogens with zero attached hydrogens (tertiary/aromatic N) is 1. The molecular formula is C17H24N2O4. The third-order valence-corrected chi connectivity index (χ3v) is 3.55. The van der Waals surface area contributed by atoms with Gasteiger partial charge in [0.15, 0.2) is 0 Å². The second-order valence-corrected chi connectivity index (χ2v) is 5.68. The molecule has 6 nitrogen and oxygen atoms in total.